The molecule has 122 valence electrons. The standard InChI is InChI=1S/C15H18N4O3S/c1-3-16-12(20)8-17-13(21)9-23-15-19-18-14(22-15)11-6-4-5-10(2)7-11/h4-7H,3,8-9H2,1-2H3,(H,16,20)(H,17,21). The molecule has 1 aromatic heterocycles. The molecule has 8 heteroatoms. The SMILES string of the molecule is CCNC(=O)CNC(=O)CSc1nnc(-c2cccc(C)c2)o1. The molecule has 7 nitrogen and oxygen atoms in total. The Balaban J connectivity index is 1.83. The van der Waals surface area contributed by atoms with E-state index < -0.39 is 0 Å². The maximum Gasteiger partial charge on any atom is 0.277 e. The van der Waals surface area contributed by atoms with Crippen LogP contribution in [0, 0.1) is 6.92 Å². The summed E-state index contributed by atoms with van der Waals surface area (Å²) >= 11 is 1.13. The maximum atomic E-state index is 11.6. The monoisotopic (exact) mass is 334 g/mol. The molecule has 1 aromatic carbocycles. The van der Waals surface area contributed by atoms with Crippen molar-refractivity contribution in [3.05, 3.63) is 29.8 Å². The maximum absolute atomic E-state index is 11.6. The number of amides is 2. The summed E-state index contributed by atoms with van der Waals surface area (Å²) in [4.78, 5) is 22.9. The molecule has 0 unspecified atom stereocenters. The number of hydrogen-bond donors (Lipinski definition) is 2. The number of nitrogens with one attached hydrogen (secondary N) is 2. The number of hydrogen-bond acceptors (Lipinski definition) is 6. The summed E-state index contributed by atoms with van der Waals surface area (Å²) in [6.45, 7) is 4.30. The molecule has 2 N–H and O–H groups in total. The molecule has 0 aliphatic heterocycles. The molecule has 2 rings (SSSR count). The molecule has 0 radical (unpaired) electrons. The van der Waals surface area contributed by atoms with Gasteiger partial charge in [-0.25, -0.2) is 0 Å². The van der Waals surface area contributed by atoms with E-state index in [0.29, 0.717) is 17.7 Å². The van der Waals surface area contributed by atoms with Gasteiger partial charge in [-0.1, -0.05) is 29.5 Å². The fraction of sp³-hybridized carbons (Fsp3) is 0.333. The first-order valence-electron chi connectivity index (χ1n) is 7.15. The van der Waals surface area contributed by atoms with E-state index in [4.69, 9.17) is 4.42 Å². The summed E-state index contributed by atoms with van der Waals surface area (Å²) < 4.78 is 5.52. The van der Waals surface area contributed by atoms with E-state index in [0.717, 1.165) is 22.9 Å². The van der Waals surface area contributed by atoms with Crippen molar-refractivity contribution in [1.82, 2.24) is 20.8 Å². The van der Waals surface area contributed by atoms with Crippen molar-refractivity contribution in [1.29, 1.82) is 0 Å². The molecule has 0 aliphatic carbocycles. The highest BCUT2D eigenvalue weighted by molar-refractivity contribution is 7.99. The van der Waals surface area contributed by atoms with Crippen molar-refractivity contribution in [3.8, 4) is 11.5 Å². The molecule has 2 aromatic rings. The number of thioether (sulfide) groups is 1. The van der Waals surface area contributed by atoms with E-state index in [-0.39, 0.29) is 24.1 Å². The molecule has 0 saturated heterocycles. The number of aryl methyl sites for hydroxylation is 1. The van der Waals surface area contributed by atoms with Gasteiger partial charge in [-0.2, -0.15) is 0 Å². The molecule has 0 atom stereocenters. The Labute approximate surface area is 138 Å². The molecule has 0 fully saturated rings. The van der Waals surface area contributed by atoms with Gasteiger partial charge in [-0.05, 0) is 26.0 Å². The average molecular weight is 334 g/mol. The van der Waals surface area contributed by atoms with Gasteiger partial charge in [-0.3, -0.25) is 9.59 Å². The lowest BCUT2D eigenvalue weighted by molar-refractivity contribution is -0.124. The zero-order valence-corrected chi connectivity index (χ0v) is 13.8. The van der Waals surface area contributed by atoms with E-state index in [2.05, 4.69) is 20.8 Å². The van der Waals surface area contributed by atoms with E-state index >= 15 is 0 Å². The number of nitrogens with zero attached hydrogens (tertiary/aromatic N) is 2. The van der Waals surface area contributed by atoms with Crippen molar-refractivity contribution in [2.45, 2.75) is 19.1 Å². The second kappa shape index (κ2) is 8.33. The third-order valence-corrected chi connectivity index (χ3v) is 3.64. The lowest BCUT2D eigenvalue weighted by Crippen LogP contribution is -2.37. The minimum Gasteiger partial charge on any atom is -0.411 e. The van der Waals surface area contributed by atoms with Gasteiger partial charge in [0.2, 0.25) is 17.7 Å². The molecule has 0 saturated carbocycles. The molecule has 1 heterocycles. The largest absolute Gasteiger partial charge is 0.411 e. The Hall–Kier alpha value is -2.35. The van der Waals surface area contributed by atoms with Crippen LogP contribution < -0.4 is 10.6 Å². The molecular weight excluding hydrogens is 316 g/mol. The van der Waals surface area contributed by atoms with Crippen LogP contribution in [0.4, 0.5) is 0 Å². The van der Waals surface area contributed by atoms with Crippen LogP contribution in [-0.2, 0) is 9.59 Å². The van der Waals surface area contributed by atoms with Crippen LogP contribution in [-0.4, -0.2) is 40.9 Å². The van der Waals surface area contributed by atoms with E-state index in [9.17, 15) is 9.59 Å². The third kappa shape index (κ3) is 5.41. The molecular formula is C15H18N4O3S. The average Bonchev–Trinajstić information content (AvgIpc) is 3.00. The Morgan fingerprint density at radius 1 is 1.22 bits per heavy atom. The van der Waals surface area contributed by atoms with Crippen LogP contribution in [0.25, 0.3) is 11.5 Å². The number of benzene rings is 1. The fourth-order valence-corrected chi connectivity index (χ4v) is 2.37. The van der Waals surface area contributed by atoms with E-state index in [1.165, 1.54) is 0 Å². The van der Waals surface area contributed by atoms with E-state index in [1.54, 1.807) is 0 Å². The van der Waals surface area contributed by atoms with E-state index in [1.807, 2.05) is 38.1 Å². The summed E-state index contributed by atoms with van der Waals surface area (Å²) in [5, 5.41) is 13.3. The van der Waals surface area contributed by atoms with Crippen LogP contribution in [0.2, 0.25) is 0 Å². The van der Waals surface area contributed by atoms with Crippen molar-refractivity contribution < 1.29 is 14.0 Å². The van der Waals surface area contributed by atoms with Crippen LogP contribution in [0.3, 0.4) is 0 Å². The quantitative estimate of drug-likeness (QED) is 0.743. The van der Waals surface area contributed by atoms with Crippen LogP contribution in [0.5, 0.6) is 0 Å². The Morgan fingerprint density at radius 3 is 2.78 bits per heavy atom. The summed E-state index contributed by atoms with van der Waals surface area (Å²) in [6.07, 6.45) is 0. The molecule has 0 aliphatic rings. The van der Waals surface area contributed by atoms with Crippen molar-refractivity contribution >= 4 is 23.6 Å². The Bertz CT molecular complexity index is 687. The highest BCUT2D eigenvalue weighted by Crippen LogP contribution is 2.23. The first-order valence-corrected chi connectivity index (χ1v) is 8.13. The number of rotatable bonds is 7. The summed E-state index contributed by atoms with van der Waals surface area (Å²) in [7, 11) is 0. The smallest absolute Gasteiger partial charge is 0.277 e. The molecule has 2 amide bonds. The number of carbonyl (C=O) groups excluding carboxylic acids is 2. The highest BCUT2D eigenvalue weighted by Gasteiger charge is 2.11. The van der Waals surface area contributed by atoms with Crippen LogP contribution in [0.1, 0.15) is 12.5 Å². The molecule has 23 heavy (non-hydrogen) atoms. The normalized spacial score (nSPS) is 10.3. The van der Waals surface area contributed by atoms with Gasteiger partial charge < -0.3 is 15.1 Å². The van der Waals surface area contributed by atoms with Gasteiger partial charge >= 0.3 is 0 Å². The molecule has 0 bridgehead atoms. The summed E-state index contributed by atoms with van der Waals surface area (Å²) in [5.74, 6) is 0.0374. The topological polar surface area (TPSA) is 97.1 Å². The van der Waals surface area contributed by atoms with Gasteiger partial charge in [0.15, 0.2) is 0 Å². The van der Waals surface area contributed by atoms with Gasteiger partial charge in [0.05, 0.1) is 12.3 Å². The van der Waals surface area contributed by atoms with Gasteiger partial charge in [0.1, 0.15) is 0 Å². The predicted molar refractivity (Wildman–Crippen MR) is 86.9 cm³/mol. The highest BCUT2D eigenvalue weighted by atomic mass is 32.2. The van der Waals surface area contributed by atoms with Crippen LogP contribution >= 0.6 is 11.8 Å². The minimum absolute atomic E-state index is 0.0361. The van der Waals surface area contributed by atoms with Gasteiger partial charge in [0.25, 0.3) is 5.22 Å². The van der Waals surface area contributed by atoms with Crippen LogP contribution in [0.15, 0.2) is 33.9 Å². The second-order valence-corrected chi connectivity index (χ2v) is 5.69. The summed E-state index contributed by atoms with van der Waals surface area (Å²) in [6, 6.07) is 7.72. The number of likely N-dealkylation sites (N-methyl/N-ethyl adjacent to an activating group) is 1. The predicted octanol–water partition coefficient (Wildman–Crippen LogP) is 1.39. The first kappa shape index (κ1) is 17.0. The van der Waals surface area contributed by atoms with Gasteiger partial charge in [-0.15, -0.1) is 10.2 Å². The van der Waals surface area contributed by atoms with Crippen molar-refractivity contribution in [3.63, 3.8) is 0 Å². The summed E-state index contributed by atoms with van der Waals surface area (Å²) in [5.41, 5.74) is 1.93. The minimum atomic E-state index is -0.267. The van der Waals surface area contributed by atoms with Crippen molar-refractivity contribution in [2.75, 3.05) is 18.8 Å². The second-order valence-electron chi connectivity index (χ2n) is 4.76. The zero-order valence-electron chi connectivity index (χ0n) is 13.0. The van der Waals surface area contributed by atoms with Crippen molar-refractivity contribution in [2.24, 2.45) is 0 Å². The number of carbonyl (C=O) groups is 2. The zero-order chi connectivity index (χ0) is 16.7. The fourth-order valence-electron chi connectivity index (χ4n) is 1.78. The Morgan fingerprint density at radius 2 is 2.04 bits per heavy atom. The molecule has 0 spiro atoms. The van der Waals surface area contributed by atoms with Gasteiger partial charge in [0, 0.05) is 12.1 Å². The lowest BCUT2D eigenvalue weighted by Gasteiger charge is -2.03. The lowest BCUT2D eigenvalue weighted by atomic mass is 10.1. The Kier molecular flexibility index (Phi) is 6.16. The third-order valence-electron chi connectivity index (χ3n) is 2.82. The first-order chi connectivity index (χ1) is 11.1. The number of aromatic nitrogens is 2.